The second-order valence-electron chi connectivity index (χ2n) is 6.50. The number of anilines is 1. The molecule has 3 aromatic rings. The van der Waals surface area contributed by atoms with Crippen LogP contribution in [0.25, 0.3) is 10.2 Å². The molecule has 0 radical (unpaired) electrons. The Bertz CT molecular complexity index is 899. The Morgan fingerprint density at radius 2 is 1.96 bits per heavy atom. The molecular formula is C20H23FN3OS2+. The molecule has 0 bridgehead atoms. The number of thiazole rings is 1. The number of nitrogens with zero attached hydrogens (tertiary/aromatic N) is 2. The van der Waals surface area contributed by atoms with Crippen molar-refractivity contribution in [1.29, 1.82) is 0 Å². The highest BCUT2D eigenvalue weighted by molar-refractivity contribution is 7.99. The van der Waals surface area contributed by atoms with Gasteiger partial charge >= 0.3 is 0 Å². The molecule has 0 spiro atoms. The third-order valence-corrected chi connectivity index (χ3v) is 6.11. The molecule has 0 saturated heterocycles. The molecule has 0 fully saturated rings. The molecule has 1 aromatic heterocycles. The Hall–Kier alpha value is -1.96. The third kappa shape index (κ3) is 5.28. The summed E-state index contributed by atoms with van der Waals surface area (Å²) in [6, 6.07) is 15.0. The topological polar surface area (TPSA) is 37.6 Å². The summed E-state index contributed by atoms with van der Waals surface area (Å²) >= 11 is 3.03. The molecule has 0 aliphatic rings. The largest absolute Gasteiger partial charge is 0.338 e. The molecule has 27 heavy (non-hydrogen) atoms. The summed E-state index contributed by atoms with van der Waals surface area (Å²) < 4.78 is 14.8. The van der Waals surface area contributed by atoms with Gasteiger partial charge in [0.2, 0.25) is 5.91 Å². The van der Waals surface area contributed by atoms with Gasteiger partial charge in [-0.05, 0) is 24.3 Å². The van der Waals surface area contributed by atoms with Gasteiger partial charge in [-0.1, -0.05) is 35.6 Å². The van der Waals surface area contributed by atoms with Gasteiger partial charge in [0.05, 0.1) is 31.9 Å². The lowest BCUT2D eigenvalue weighted by Crippen LogP contribution is -3.06. The van der Waals surface area contributed by atoms with Crippen LogP contribution in [0.5, 0.6) is 0 Å². The van der Waals surface area contributed by atoms with Crippen LogP contribution in [0.4, 0.5) is 9.52 Å². The SMILES string of the molecule is C[NH+](C)CCN(C(=O)CCSc1ccccc1)c1nc2c(F)cccc2s1. The second-order valence-corrected chi connectivity index (χ2v) is 8.67. The normalized spacial score (nSPS) is 11.3. The van der Waals surface area contributed by atoms with E-state index in [0.717, 1.165) is 16.1 Å². The van der Waals surface area contributed by atoms with Crippen molar-refractivity contribution in [2.24, 2.45) is 0 Å². The lowest BCUT2D eigenvalue weighted by atomic mass is 10.3. The van der Waals surface area contributed by atoms with Crippen LogP contribution in [0.1, 0.15) is 6.42 Å². The number of thioether (sulfide) groups is 1. The predicted octanol–water partition coefficient (Wildman–Crippen LogP) is 3.10. The van der Waals surface area contributed by atoms with Crippen LogP contribution in [0, 0.1) is 5.82 Å². The fraction of sp³-hybridized carbons (Fsp3) is 0.300. The number of likely N-dealkylation sites (N-methyl/N-ethyl adjacent to an activating group) is 1. The van der Waals surface area contributed by atoms with E-state index in [-0.39, 0.29) is 11.7 Å². The molecule has 2 aromatic carbocycles. The highest BCUT2D eigenvalue weighted by Gasteiger charge is 2.21. The molecule has 0 atom stereocenters. The molecule has 4 nitrogen and oxygen atoms in total. The monoisotopic (exact) mass is 404 g/mol. The maximum atomic E-state index is 14.0. The van der Waals surface area contributed by atoms with Gasteiger partial charge in [-0.2, -0.15) is 0 Å². The molecule has 1 N–H and O–H groups in total. The lowest BCUT2D eigenvalue weighted by molar-refractivity contribution is -0.856. The van der Waals surface area contributed by atoms with Gasteiger partial charge in [-0.25, -0.2) is 9.37 Å². The third-order valence-electron chi connectivity index (χ3n) is 4.05. The summed E-state index contributed by atoms with van der Waals surface area (Å²) in [5.41, 5.74) is 0.339. The summed E-state index contributed by atoms with van der Waals surface area (Å²) in [4.78, 5) is 21.4. The van der Waals surface area contributed by atoms with E-state index in [2.05, 4.69) is 4.98 Å². The second kappa shape index (κ2) is 9.30. The van der Waals surface area contributed by atoms with Gasteiger partial charge in [-0.3, -0.25) is 9.69 Å². The van der Waals surface area contributed by atoms with Gasteiger partial charge in [-0.15, -0.1) is 11.8 Å². The van der Waals surface area contributed by atoms with E-state index in [1.807, 2.05) is 50.5 Å². The Kier molecular flexibility index (Phi) is 6.82. The summed E-state index contributed by atoms with van der Waals surface area (Å²) in [6.07, 6.45) is 0.417. The average molecular weight is 405 g/mol. The predicted molar refractivity (Wildman–Crippen MR) is 111 cm³/mol. The van der Waals surface area contributed by atoms with Crippen molar-refractivity contribution in [3.8, 4) is 0 Å². The first-order chi connectivity index (χ1) is 13.0. The number of carbonyl (C=O) groups is 1. The number of benzene rings is 2. The van der Waals surface area contributed by atoms with Crippen LogP contribution in [-0.4, -0.2) is 43.8 Å². The van der Waals surface area contributed by atoms with E-state index in [4.69, 9.17) is 0 Å². The van der Waals surface area contributed by atoms with E-state index < -0.39 is 0 Å². The summed E-state index contributed by atoms with van der Waals surface area (Å²) in [6.45, 7) is 1.37. The van der Waals surface area contributed by atoms with Crippen LogP contribution < -0.4 is 9.80 Å². The van der Waals surface area contributed by atoms with E-state index in [1.54, 1.807) is 22.7 Å². The van der Waals surface area contributed by atoms with Crippen LogP contribution in [0.2, 0.25) is 0 Å². The highest BCUT2D eigenvalue weighted by atomic mass is 32.2. The standard InChI is InChI=1S/C20H22FN3OS2/c1-23(2)12-13-24(18(25)11-14-26-15-7-4-3-5-8-15)20-22-19-16(21)9-6-10-17(19)27-20/h3-10H,11-14H2,1-2H3/p+1. The van der Waals surface area contributed by atoms with Crippen molar-refractivity contribution < 1.29 is 14.1 Å². The number of halogens is 1. The summed E-state index contributed by atoms with van der Waals surface area (Å²) in [7, 11) is 4.10. The molecule has 0 aliphatic carbocycles. The van der Waals surface area contributed by atoms with Crippen LogP contribution in [-0.2, 0) is 4.79 Å². The molecule has 1 amide bonds. The minimum Gasteiger partial charge on any atom is -0.338 e. The molecule has 0 saturated carbocycles. The molecule has 0 unspecified atom stereocenters. The number of hydrogen-bond acceptors (Lipinski definition) is 4. The van der Waals surface area contributed by atoms with Crippen molar-refractivity contribution in [1.82, 2.24) is 4.98 Å². The number of hydrogen-bond donors (Lipinski definition) is 1. The minimum atomic E-state index is -0.347. The van der Waals surface area contributed by atoms with Crippen molar-refractivity contribution in [3.05, 3.63) is 54.3 Å². The molecule has 1 heterocycles. The van der Waals surface area contributed by atoms with E-state index in [1.165, 1.54) is 22.3 Å². The van der Waals surface area contributed by atoms with Gasteiger partial charge in [0.15, 0.2) is 5.13 Å². The first kappa shape index (κ1) is 19.8. The van der Waals surface area contributed by atoms with E-state index >= 15 is 0 Å². The zero-order valence-corrected chi connectivity index (χ0v) is 17.1. The molecule has 142 valence electrons. The smallest absolute Gasteiger partial charge is 0.229 e. The van der Waals surface area contributed by atoms with Gasteiger partial charge in [0.25, 0.3) is 0 Å². The number of quaternary nitrogens is 1. The number of rotatable bonds is 8. The Balaban J connectivity index is 1.73. The zero-order chi connectivity index (χ0) is 19.2. The van der Waals surface area contributed by atoms with E-state index in [0.29, 0.717) is 29.4 Å². The first-order valence-electron chi connectivity index (χ1n) is 8.87. The van der Waals surface area contributed by atoms with Crippen LogP contribution >= 0.6 is 23.1 Å². The Labute approximate surface area is 167 Å². The number of carbonyl (C=O) groups excluding carboxylic acids is 1. The fourth-order valence-corrected chi connectivity index (χ4v) is 4.47. The van der Waals surface area contributed by atoms with Gasteiger partial charge in [0.1, 0.15) is 11.3 Å². The fourth-order valence-electron chi connectivity index (χ4n) is 2.59. The lowest BCUT2D eigenvalue weighted by Gasteiger charge is -2.20. The number of amides is 1. The van der Waals surface area contributed by atoms with E-state index in [9.17, 15) is 9.18 Å². The number of nitrogens with one attached hydrogen (secondary N) is 1. The Morgan fingerprint density at radius 1 is 1.19 bits per heavy atom. The highest BCUT2D eigenvalue weighted by Crippen LogP contribution is 2.30. The average Bonchev–Trinajstić information content (AvgIpc) is 3.08. The number of fused-ring (bicyclic) bond motifs is 1. The van der Waals surface area contributed by atoms with Crippen LogP contribution in [0.15, 0.2) is 53.4 Å². The number of para-hydroxylation sites is 1. The van der Waals surface area contributed by atoms with Gasteiger partial charge in [0, 0.05) is 17.1 Å². The maximum Gasteiger partial charge on any atom is 0.229 e. The van der Waals surface area contributed by atoms with Crippen LogP contribution in [0.3, 0.4) is 0 Å². The first-order valence-corrected chi connectivity index (χ1v) is 10.7. The van der Waals surface area contributed by atoms with Crippen molar-refractivity contribution in [2.75, 3.05) is 37.8 Å². The van der Waals surface area contributed by atoms with Gasteiger partial charge < -0.3 is 4.90 Å². The molecular weight excluding hydrogens is 381 g/mol. The summed E-state index contributed by atoms with van der Waals surface area (Å²) in [5.74, 6) is 0.382. The molecule has 0 aliphatic heterocycles. The van der Waals surface area contributed by atoms with Crippen molar-refractivity contribution in [2.45, 2.75) is 11.3 Å². The number of aromatic nitrogens is 1. The molecule has 7 heteroatoms. The quantitative estimate of drug-likeness (QED) is 0.587. The van der Waals surface area contributed by atoms with Crippen molar-refractivity contribution in [3.63, 3.8) is 0 Å². The minimum absolute atomic E-state index is 0.0270. The maximum absolute atomic E-state index is 14.0. The van der Waals surface area contributed by atoms with Crippen molar-refractivity contribution >= 4 is 44.4 Å². The zero-order valence-electron chi connectivity index (χ0n) is 15.4. The summed E-state index contributed by atoms with van der Waals surface area (Å²) in [5, 5.41) is 0.575. The Morgan fingerprint density at radius 3 is 2.67 bits per heavy atom. The molecule has 3 rings (SSSR count).